The zero-order chi connectivity index (χ0) is 16.0. The van der Waals surface area contributed by atoms with Crippen molar-refractivity contribution >= 4 is 5.69 Å². The number of aliphatic hydroxyl groups is 1. The van der Waals surface area contributed by atoms with Crippen LogP contribution in [0.15, 0.2) is 24.3 Å². The number of nitro groups is 1. The van der Waals surface area contributed by atoms with Gasteiger partial charge in [0.25, 0.3) is 5.69 Å². The summed E-state index contributed by atoms with van der Waals surface area (Å²) in [6.07, 6.45) is 3.08. The fourth-order valence-electron chi connectivity index (χ4n) is 2.83. The summed E-state index contributed by atoms with van der Waals surface area (Å²) in [5.41, 5.74) is 0.179. The Bertz CT molecular complexity index is 475. The van der Waals surface area contributed by atoms with E-state index in [-0.39, 0.29) is 17.7 Å². The molecule has 1 N–H and O–H groups in total. The molecule has 122 valence electrons. The number of likely N-dealkylation sites (tertiary alicyclic amines) is 1. The zero-order valence-corrected chi connectivity index (χ0v) is 13.0. The van der Waals surface area contributed by atoms with Crippen LogP contribution in [0, 0.1) is 15.5 Å². The van der Waals surface area contributed by atoms with Crippen LogP contribution in [-0.2, 0) is 0 Å². The van der Waals surface area contributed by atoms with Gasteiger partial charge in [-0.05, 0) is 49.9 Å². The molecule has 0 radical (unpaired) electrons. The Hall–Kier alpha value is -1.66. The summed E-state index contributed by atoms with van der Waals surface area (Å²) in [5, 5.41) is 20.1. The van der Waals surface area contributed by atoms with Crippen LogP contribution in [0.5, 0.6) is 5.75 Å². The molecule has 1 fully saturated rings. The molecule has 1 aromatic carbocycles. The lowest BCUT2D eigenvalue weighted by Crippen LogP contribution is -2.43. The molecular weight excluding hydrogens is 284 g/mol. The number of hydrogen-bond donors (Lipinski definition) is 1. The minimum Gasteiger partial charge on any atom is -0.492 e. The lowest BCUT2D eigenvalue weighted by atomic mass is 9.77. The van der Waals surface area contributed by atoms with Crippen molar-refractivity contribution < 1.29 is 14.8 Å². The van der Waals surface area contributed by atoms with E-state index >= 15 is 0 Å². The number of non-ortho nitro benzene ring substituents is 1. The molecule has 0 aromatic heterocycles. The van der Waals surface area contributed by atoms with E-state index in [9.17, 15) is 15.2 Å². The molecule has 1 aliphatic heterocycles. The molecule has 6 nitrogen and oxygen atoms in total. The molecule has 1 saturated heterocycles. The standard InChI is InChI=1S/C16H24N2O4/c1-2-16(13-19)7-9-17(10-8-16)11-12-22-15-5-3-14(4-6-15)18(20)21/h3-6,19H,2,7-13H2,1H3. The number of rotatable bonds is 7. The van der Waals surface area contributed by atoms with Crippen LogP contribution >= 0.6 is 0 Å². The highest BCUT2D eigenvalue weighted by Crippen LogP contribution is 2.33. The molecule has 0 bridgehead atoms. The first-order valence-electron chi connectivity index (χ1n) is 7.79. The zero-order valence-electron chi connectivity index (χ0n) is 13.0. The monoisotopic (exact) mass is 308 g/mol. The van der Waals surface area contributed by atoms with Crippen LogP contribution in [0.25, 0.3) is 0 Å². The number of ether oxygens (including phenoxy) is 1. The summed E-state index contributed by atoms with van der Waals surface area (Å²) in [6, 6.07) is 6.16. The fourth-order valence-corrected chi connectivity index (χ4v) is 2.83. The summed E-state index contributed by atoms with van der Waals surface area (Å²) in [4.78, 5) is 12.5. The van der Waals surface area contributed by atoms with E-state index < -0.39 is 4.92 Å². The smallest absolute Gasteiger partial charge is 0.269 e. The Kier molecular flexibility index (Phi) is 5.74. The Morgan fingerprint density at radius 1 is 1.32 bits per heavy atom. The van der Waals surface area contributed by atoms with Crippen molar-refractivity contribution in [2.75, 3.05) is 32.8 Å². The van der Waals surface area contributed by atoms with Crippen molar-refractivity contribution in [2.24, 2.45) is 5.41 Å². The summed E-state index contributed by atoms with van der Waals surface area (Å²) >= 11 is 0. The van der Waals surface area contributed by atoms with Crippen molar-refractivity contribution in [2.45, 2.75) is 26.2 Å². The maximum Gasteiger partial charge on any atom is 0.269 e. The average molecular weight is 308 g/mol. The Balaban J connectivity index is 1.72. The van der Waals surface area contributed by atoms with E-state index in [4.69, 9.17) is 4.74 Å². The maximum atomic E-state index is 10.6. The van der Waals surface area contributed by atoms with E-state index in [0.29, 0.717) is 12.4 Å². The van der Waals surface area contributed by atoms with Gasteiger partial charge in [0.15, 0.2) is 0 Å². The average Bonchev–Trinajstić information content (AvgIpc) is 2.56. The second kappa shape index (κ2) is 7.56. The number of nitrogens with zero attached hydrogens (tertiary/aromatic N) is 2. The van der Waals surface area contributed by atoms with Gasteiger partial charge in [0.1, 0.15) is 12.4 Å². The number of benzene rings is 1. The summed E-state index contributed by atoms with van der Waals surface area (Å²) in [5.74, 6) is 0.654. The molecule has 0 atom stereocenters. The van der Waals surface area contributed by atoms with Gasteiger partial charge in [0, 0.05) is 25.3 Å². The van der Waals surface area contributed by atoms with Crippen LogP contribution in [0.2, 0.25) is 0 Å². The minimum atomic E-state index is -0.418. The summed E-state index contributed by atoms with van der Waals surface area (Å²) in [7, 11) is 0. The van der Waals surface area contributed by atoms with E-state index in [1.54, 1.807) is 12.1 Å². The van der Waals surface area contributed by atoms with E-state index in [1.807, 2.05) is 0 Å². The van der Waals surface area contributed by atoms with Crippen LogP contribution < -0.4 is 4.74 Å². The van der Waals surface area contributed by atoms with Crippen molar-refractivity contribution in [1.29, 1.82) is 0 Å². The molecule has 1 aromatic rings. The highest BCUT2D eigenvalue weighted by Gasteiger charge is 2.31. The lowest BCUT2D eigenvalue weighted by Gasteiger charge is -2.40. The molecule has 1 aliphatic rings. The van der Waals surface area contributed by atoms with Crippen LogP contribution in [0.4, 0.5) is 5.69 Å². The Morgan fingerprint density at radius 2 is 1.95 bits per heavy atom. The van der Waals surface area contributed by atoms with E-state index in [2.05, 4.69) is 11.8 Å². The maximum absolute atomic E-state index is 10.6. The van der Waals surface area contributed by atoms with Gasteiger partial charge in [-0.2, -0.15) is 0 Å². The summed E-state index contributed by atoms with van der Waals surface area (Å²) < 4.78 is 5.63. The normalized spacial score (nSPS) is 18.1. The van der Waals surface area contributed by atoms with Crippen molar-refractivity contribution in [3.63, 3.8) is 0 Å². The van der Waals surface area contributed by atoms with Gasteiger partial charge in [0.2, 0.25) is 0 Å². The first-order valence-corrected chi connectivity index (χ1v) is 7.79. The highest BCUT2D eigenvalue weighted by atomic mass is 16.6. The predicted octanol–water partition coefficient (Wildman–Crippen LogP) is 2.46. The third-order valence-corrected chi connectivity index (χ3v) is 4.73. The van der Waals surface area contributed by atoms with Gasteiger partial charge in [-0.15, -0.1) is 0 Å². The first kappa shape index (κ1) is 16.7. The molecule has 2 rings (SSSR count). The topological polar surface area (TPSA) is 75.8 Å². The van der Waals surface area contributed by atoms with Crippen LogP contribution in [0.1, 0.15) is 26.2 Å². The second-order valence-electron chi connectivity index (χ2n) is 5.95. The molecule has 6 heteroatoms. The first-order chi connectivity index (χ1) is 10.6. The molecular formula is C16H24N2O4. The van der Waals surface area contributed by atoms with Gasteiger partial charge in [-0.1, -0.05) is 6.92 Å². The molecule has 22 heavy (non-hydrogen) atoms. The number of nitro benzene ring substituents is 1. The fraction of sp³-hybridized carbons (Fsp3) is 0.625. The predicted molar refractivity (Wildman–Crippen MR) is 84.1 cm³/mol. The molecule has 0 saturated carbocycles. The van der Waals surface area contributed by atoms with Gasteiger partial charge < -0.3 is 9.84 Å². The molecule has 0 unspecified atom stereocenters. The highest BCUT2D eigenvalue weighted by molar-refractivity contribution is 5.35. The third-order valence-electron chi connectivity index (χ3n) is 4.73. The van der Waals surface area contributed by atoms with Crippen LogP contribution in [0.3, 0.4) is 0 Å². The van der Waals surface area contributed by atoms with Crippen molar-refractivity contribution in [1.82, 2.24) is 4.90 Å². The minimum absolute atomic E-state index is 0.0725. The Labute approximate surface area is 130 Å². The second-order valence-corrected chi connectivity index (χ2v) is 5.95. The van der Waals surface area contributed by atoms with Gasteiger partial charge in [-0.25, -0.2) is 0 Å². The van der Waals surface area contributed by atoms with Gasteiger partial charge >= 0.3 is 0 Å². The van der Waals surface area contributed by atoms with E-state index in [0.717, 1.165) is 38.9 Å². The Morgan fingerprint density at radius 3 is 2.45 bits per heavy atom. The van der Waals surface area contributed by atoms with Gasteiger partial charge in [0.05, 0.1) is 4.92 Å². The molecule has 0 spiro atoms. The van der Waals surface area contributed by atoms with Crippen LogP contribution in [-0.4, -0.2) is 47.8 Å². The molecule has 0 aliphatic carbocycles. The number of hydrogen-bond acceptors (Lipinski definition) is 5. The third kappa shape index (κ3) is 4.18. The largest absolute Gasteiger partial charge is 0.492 e. The van der Waals surface area contributed by atoms with E-state index in [1.165, 1.54) is 12.1 Å². The van der Waals surface area contributed by atoms with Crippen molar-refractivity contribution in [3.05, 3.63) is 34.4 Å². The summed E-state index contributed by atoms with van der Waals surface area (Å²) in [6.45, 7) is 5.79. The lowest BCUT2D eigenvalue weighted by molar-refractivity contribution is -0.384. The van der Waals surface area contributed by atoms with Gasteiger partial charge in [-0.3, -0.25) is 15.0 Å². The number of piperidine rings is 1. The quantitative estimate of drug-likeness (QED) is 0.618. The number of aliphatic hydroxyl groups excluding tert-OH is 1. The SMILES string of the molecule is CCC1(CO)CCN(CCOc2ccc([N+](=O)[O-])cc2)CC1. The molecule has 1 heterocycles. The van der Waals surface area contributed by atoms with Crippen molar-refractivity contribution in [3.8, 4) is 5.75 Å². The molecule has 0 amide bonds.